The lowest BCUT2D eigenvalue weighted by Gasteiger charge is -2.14. The van der Waals surface area contributed by atoms with Crippen molar-refractivity contribution in [2.45, 2.75) is 13.1 Å². The molecule has 1 aliphatic carbocycles. The molecule has 5 heteroatoms. The first-order chi connectivity index (χ1) is 7.73. The maximum Gasteiger partial charge on any atom is 0.418 e. The first-order valence-electron chi connectivity index (χ1n) is 4.59. The van der Waals surface area contributed by atoms with E-state index in [1.165, 1.54) is 12.2 Å². The molecule has 0 aromatic heterocycles. The van der Waals surface area contributed by atoms with E-state index in [1.807, 2.05) is 0 Å². The minimum Gasteiger partial charge on any atom is -0.478 e. The van der Waals surface area contributed by atoms with Gasteiger partial charge in [0, 0.05) is 5.57 Å². The van der Waals surface area contributed by atoms with Gasteiger partial charge in [-0.05, 0) is 24.6 Å². The smallest absolute Gasteiger partial charge is 0.418 e. The predicted octanol–water partition coefficient (Wildman–Crippen LogP) is 3.16. The van der Waals surface area contributed by atoms with E-state index in [2.05, 4.69) is 12.3 Å². The quantitative estimate of drug-likeness (QED) is 0.717. The number of hydrogen-bond donors (Lipinski definition) is 1. The molecule has 0 unspecified atom stereocenters. The average Bonchev–Trinajstić information content (AvgIpc) is 2.15. The lowest BCUT2D eigenvalue weighted by molar-refractivity contribution is -0.133. The Kier molecular flexibility index (Phi) is 3.44. The molecule has 2 nitrogen and oxygen atoms in total. The molecule has 90 valence electrons. The zero-order valence-electron chi connectivity index (χ0n) is 8.93. The van der Waals surface area contributed by atoms with Gasteiger partial charge in [0.2, 0.25) is 0 Å². The molecule has 17 heavy (non-hydrogen) atoms. The van der Waals surface area contributed by atoms with E-state index in [4.69, 9.17) is 5.11 Å². The van der Waals surface area contributed by atoms with Gasteiger partial charge in [-0.15, -0.1) is 5.73 Å². The lowest BCUT2D eigenvalue weighted by atomic mass is 9.98. The van der Waals surface area contributed by atoms with Gasteiger partial charge in [0.1, 0.15) is 0 Å². The van der Waals surface area contributed by atoms with E-state index >= 15 is 0 Å². The highest BCUT2D eigenvalue weighted by molar-refractivity contribution is 5.92. The average molecular weight is 242 g/mol. The summed E-state index contributed by atoms with van der Waals surface area (Å²) in [6, 6.07) is 0. The molecule has 0 saturated heterocycles. The minimum atomic E-state index is -4.73. The van der Waals surface area contributed by atoms with Crippen LogP contribution in [0.1, 0.15) is 6.92 Å². The van der Waals surface area contributed by atoms with Crippen molar-refractivity contribution < 1.29 is 23.1 Å². The van der Waals surface area contributed by atoms with E-state index in [9.17, 15) is 18.0 Å². The Labute approximate surface area is 95.8 Å². The molecule has 0 aromatic carbocycles. The van der Waals surface area contributed by atoms with Gasteiger partial charge in [-0.3, -0.25) is 0 Å². The van der Waals surface area contributed by atoms with Crippen molar-refractivity contribution >= 4 is 5.97 Å². The molecule has 0 heterocycles. The Morgan fingerprint density at radius 3 is 2.47 bits per heavy atom. The Morgan fingerprint density at radius 2 is 2.00 bits per heavy atom. The Balaban J connectivity index is 3.61. The third kappa shape index (κ3) is 2.98. The van der Waals surface area contributed by atoms with Gasteiger partial charge in [-0.25, -0.2) is 4.79 Å². The van der Waals surface area contributed by atoms with E-state index in [0.717, 1.165) is 13.0 Å². The van der Waals surface area contributed by atoms with Gasteiger partial charge in [-0.1, -0.05) is 12.7 Å². The van der Waals surface area contributed by atoms with Gasteiger partial charge in [0.05, 0.1) is 11.1 Å². The summed E-state index contributed by atoms with van der Waals surface area (Å²) in [5, 5.41) is 8.80. The second kappa shape index (κ2) is 4.47. The number of carboxylic acid groups (broad SMARTS) is 1. The van der Waals surface area contributed by atoms with Crippen molar-refractivity contribution in [2.24, 2.45) is 0 Å². The Hall–Kier alpha value is -2.00. The summed E-state index contributed by atoms with van der Waals surface area (Å²) in [6.45, 7) is 4.68. The molecule has 0 bridgehead atoms. The minimum absolute atomic E-state index is 0.277. The molecule has 0 atom stereocenters. The van der Waals surface area contributed by atoms with Crippen LogP contribution in [0, 0.1) is 0 Å². The van der Waals surface area contributed by atoms with E-state index in [0.29, 0.717) is 5.57 Å². The van der Waals surface area contributed by atoms with E-state index in [-0.39, 0.29) is 5.57 Å². The van der Waals surface area contributed by atoms with Crippen LogP contribution in [0.25, 0.3) is 0 Å². The van der Waals surface area contributed by atoms with Gasteiger partial charge in [-0.2, -0.15) is 13.2 Å². The number of halogens is 3. The number of hydrogen-bond acceptors (Lipinski definition) is 1. The van der Waals surface area contributed by atoms with E-state index in [1.54, 1.807) is 0 Å². The second-order valence-electron chi connectivity index (χ2n) is 3.41. The van der Waals surface area contributed by atoms with Gasteiger partial charge in [0.15, 0.2) is 0 Å². The SMILES string of the molecule is C=C1C=C=C(C)/C(C(F)(F)F)=C(C(=O)O)\C=C/1. The normalized spacial score (nSPS) is 22.8. The number of allylic oxidation sites excluding steroid dienone is 4. The van der Waals surface area contributed by atoms with Crippen molar-refractivity contribution in [1.29, 1.82) is 0 Å². The number of carboxylic acids is 1. The lowest BCUT2D eigenvalue weighted by Crippen LogP contribution is -2.18. The molecule has 0 spiro atoms. The number of alkyl halides is 3. The molecule has 0 fully saturated rings. The van der Waals surface area contributed by atoms with Crippen molar-refractivity contribution in [2.75, 3.05) is 0 Å². The largest absolute Gasteiger partial charge is 0.478 e. The summed E-state index contributed by atoms with van der Waals surface area (Å²) >= 11 is 0. The van der Waals surface area contributed by atoms with Crippen LogP contribution in [0.5, 0.6) is 0 Å². The third-order valence-corrected chi connectivity index (χ3v) is 2.10. The molecule has 0 aliphatic heterocycles. The van der Waals surface area contributed by atoms with Crippen molar-refractivity contribution in [1.82, 2.24) is 0 Å². The topological polar surface area (TPSA) is 37.3 Å². The summed E-state index contributed by atoms with van der Waals surface area (Å²) in [7, 11) is 0. The summed E-state index contributed by atoms with van der Waals surface area (Å²) < 4.78 is 38.3. The molecule has 0 aromatic rings. The number of carbonyl (C=O) groups is 1. The Bertz CT molecular complexity index is 498. The third-order valence-electron chi connectivity index (χ3n) is 2.10. The summed E-state index contributed by atoms with van der Waals surface area (Å²) in [5.74, 6) is -1.63. The van der Waals surface area contributed by atoms with Crippen molar-refractivity contribution in [3.63, 3.8) is 0 Å². The molecule has 0 amide bonds. The van der Waals surface area contributed by atoms with Crippen LogP contribution >= 0.6 is 0 Å². The van der Waals surface area contributed by atoms with Crippen LogP contribution in [0.2, 0.25) is 0 Å². The Morgan fingerprint density at radius 1 is 1.41 bits per heavy atom. The maximum atomic E-state index is 12.8. The zero-order valence-corrected chi connectivity index (χ0v) is 8.93. The van der Waals surface area contributed by atoms with Crippen LogP contribution in [0.3, 0.4) is 0 Å². The summed E-state index contributed by atoms with van der Waals surface area (Å²) in [4.78, 5) is 10.8. The van der Waals surface area contributed by atoms with Crippen LogP contribution in [0.4, 0.5) is 13.2 Å². The van der Waals surface area contributed by atoms with Gasteiger partial charge < -0.3 is 5.11 Å². The highest BCUT2D eigenvalue weighted by atomic mass is 19.4. The zero-order chi connectivity index (χ0) is 13.2. The molecule has 1 rings (SSSR count). The predicted molar refractivity (Wildman–Crippen MR) is 56.3 cm³/mol. The van der Waals surface area contributed by atoms with Crippen molar-refractivity contribution in [3.8, 4) is 0 Å². The van der Waals surface area contributed by atoms with Crippen LogP contribution in [-0.4, -0.2) is 17.3 Å². The van der Waals surface area contributed by atoms with E-state index < -0.39 is 23.3 Å². The monoisotopic (exact) mass is 242 g/mol. The number of rotatable bonds is 1. The maximum absolute atomic E-state index is 12.8. The summed E-state index contributed by atoms with van der Waals surface area (Å²) in [6.07, 6.45) is -1.36. The van der Waals surface area contributed by atoms with Crippen LogP contribution < -0.4 is 0 Å². The molecule has 0 saturated carbocycles. The number of aliphatic carboxylic acids is 1. The molecule has 0 radical (unpaired) electrons. The molecule has 1 aliphatic rings. The van der Waals surface area contributed by atoms with Crippen LogP contribution in [-0.2, 0) is 4.79 Å². The standard InChI is InChI=1S/C12H9F3O2/c1-7-3-5-8(2)10(12(13,14)15)9(6-4-7)11(16)17/h3-4,6H,1H2,2H3,(H,16,17)/b6-4-,10-9-. The highest BCUT2D eigenvalue weighted by Gasteiger charge is 2.38. The molecular weight excluding hydrogens is 233 g/mol. The van der Waals surface area contributed by atoms with Crippen molar-refractivity contribution in [3.05, 3.63) is 52.8 Å². The first kappa shape index (κ1) is 13.1. The summed E-state index contributed by atoms with van der Waals surface area (Å²) in [5.41, 5.74) is 0.479. The fourth-order valence-electron chi connectivity index (χ4n) is 1.34. The first-order valence-corrected chi connectivity index (χ1v) is 4.59. The highest BCUT2D eigenvalue weighted by Crippen LogP contribution is 2.34. The van der Waals surface area contributed by atoms with Gasteiger partial charge >= 0.3 is 12.1 Å². The molecular formula is C12H9F3O2. The molecule has 1 N–H and O–H groups in total. The second-order valence-corrected chi connectivity index (χ2v) is 3.41. The van der Waals surface area contributed by atoms with Crippen LogP contribution in [0.15, 0.2) is 52.8 Å². The fourth-order valence-corrected chi connectivity index (χ4v) is 1.34. The fraction of sp³-hybridized carbons (Fsp3) is 0.167. The van der Waals surface area contributed by atoms with Gasteiger partial charge in [0.25, 0.3) is 0 Å².